The molecule has 1 aliphatic heterocycles. The van der Waals surface area contributed by atoms with E-state index in [4.69, 9.17) is 18.6 Å². The molecule has 1 saturated heterocycles. The molecule has 0 aliphatic carbocycles. The average molecular weight is 484 g/mol. The molecule has 134 valence electrons. The SMILES string of the molecule is C[C@H]1[CH-]OC(Oc2cccc(OCc3ccc4ccc(=O)oc4c3)c2)C1.[Cs+]. The van der Waals surface area contributed by atoms with Crippen molar-refractivity contribution in [2.75, 3.05) is 0 Å². The molecule has 0 spiro atoms. The second kappa shape index (κ2) is 9.65. The third kappa shape index (κ3) is 5.63. The van der Waals surface area contributed by atoms with Crippen LogP contribution in [0.5, 0.6) is 11.5 Å². The third-order valence-corrected chi connectivity index (χ3v) is 4.19. The molecule has 2 heterocycles. The first-order chi connectivity index (χ1) is 12.7. The van der Waals surface area contributed by atoms with Gasteiger partial charge in [0.2, 0.25) is 0 Å². The standard InChI is InChI=1S/C21H19O5.Cs/c1-14-9-21(24-12-14)25-18-4-2-3-17(11-18)23-13-15-5-6-16-7-8-20(22)26-19(16)10-15;/h2-8,10-12,14,21H,9,13H2,1H3;/q-1;+1/t14-,21?;/m1./s1. The summed E-state index contributed by atoms with van der Waals surface area (Å²) in [5, 5.41) is 0.881. The van der Waals surface area contributed by atoms with Crippen LogP contribution in [0, 0.1) is 12.5 Å². The Balaban J connectivity index is 0.00000210. The van der Waals surface area contributed by atoms with Crippen LogP contribution < -0.4 is 84.0 Å². The summed E-state index contributed by atoms with van der Waals surface area (Å²) in [6.07, 6.45) is 0.594. The number of hydrogen-bond donors (Lipinski definition) is 0. The molecular weight excluding hydrogens is 465 g/mol. The zero-order valence-electron chi connectivity index (χ0n) is 15.4. The average Bonchev–Trinajstić information content (AvgIpc) is 3.04. The first-order valence-electron chi connectivity index (χ1n) is 8.57. The Labute approximate surface area is 216 Å². The molecule has 1 unspecified atom stereocenters. The molecule has 2 atom stereocenters. The van der Waals surface area contributed by atoms with Gasteiger partial charge in [0.1, 0.15) is 23.7 Å². The number of rotatable bonds is 5. The zero-order chi connectivity index (χ0) is 17.9. The molecule has 5 nitrogen and oxygen atoms in total. The van der Waals surface area contributed by atoms with Crippen LogP contribution in [0.15, 0.2) is 63.8 Å². The molecule has 1 fully saturated rings. The van der Waals surface area contributed by atoms with Crippen LogP contribution in [0.3, 0.4) is 0 Å². The van der Waals surface area contributed by atoms with E-state index in [0.717, 1.165) is 17.4 Å². The molecule has 2 aromatic carbocycles. The summed E-state index contributed by atoms with van der Waals surface area (Å²) in [6, 6.07) is 16.3. The molecule has 27 heavy (non-hydrogen) atoms. The quantitative estimate of drug-likeness (QED) is 0.404. The van der Waals surface area contributed by atoms with Gasteiger partial charge in [-0.1, -0.05) is 25.1 Å². The van der Waals surface area contributed by atoms with E-state index < -0.39 is 0 Å². The number of benzene rings is 2. The van der Waals surface area contributed by atoms with Gasteiger partial charge in [-0.2, -0.15) is 0 Å². The summed E-state index contributed by atoms with van der Waals surface area (Å²) < 4.78 is 22.3. The molecule has 0 saturated carbocycles. The van der Waals surface area contributed by atoms with Gasteiger partial charge in [-0.15, -0.1) is 5.92 Å². The minimum atomic E-state index is -0.360. The minimum Gasteiger partial charge on any atom is -0.520 e. The Morgan fingerprint density at radius 1 is 1.11 bits per heavy atom. The summed E-state index contributed by atoms with van der Waals surface area (Å²) in [6.45, 7) is 4.26. The molecule has 0 amide bonds. The van der Waals surface area contributed by atoms with Crippen molar-refractivity contribution in [2.45, 2.75) is 26.2 Å². The maximum absolute atomic E-state index is 11.3. The molecular formula is C21H19CsO5. The first-order valence-corrected chi connectivity index (χ1v) is 8.57. The van der Waals surface area contributed by atoms with Gasteiger partial charge in [0, 0.05) is 17.5 Å². The summed E-state index contributed by atoms with van der Waals surface area (Å²) in [5.74, 6) is 1.80. The third-order valence-electron chi connectivity index (χ3n) is 4.19. The Morgan fingerprint density at radius 3 is 2.74 bits per heavy atom. The van der Waals surface area contributed by atoms with E-state index in [9.17, 15) is 4.79 Å². The van der Waals surface area contributed by atoms with Crippen LogP contribution in [-0.4, -0.2) is 6.29 Å². The van der Waals surface area contributed by atoms with E-state index in [2.05, 4.69) is 6.92 Å². The predicted molar refractivity (Wildman–Crippen MR) is 96.8 cm³/mol. The molecule has 0 N–H and O–H groups in total. The summed E-state index contributed by atoms with van der Waals surface area (Å²) >= 11 is 0. The van der Waals surface area contributed by atoms with Crippen molar-refractivity contribution in [1.82, 2.24) is 0 Å². The van der Waals surface area contributed by atoms with E-state index in [1.807, 2.05) is 49.1 Å². The largest absolute Gasteiger partial charge is 1.00 e. The van der Waals surface area contributed by atoms with Gasteiger partial charge in [-0.25, -0.2) is 11.4 Å². The van der Waals surface area contributed by atoms with Gasteiger partial charge in [-0.3, -0.25) is 0 Å². The fraction of sp³-hybridized carbons (Fsp3) is 0.238. The second-order valence-corrected chi connectivity index (χ2v) is 6.42. The summed E-state index contributed by atoms with van der Waals surface area (Å²) in [7, 11) is 0. The monoisotopic (exact) mass is 484 g/mol. The second-order valence-electron chi connectivity index (χ2n) is 6.42. The molecule has 3 aromatic rings. The van der Waals surface area contributed by atoms with Gasteiger partial charge in [0.05, 0.1) is 0 Å². The molecule has 1 aromatic heterocycles. The maximum atomic E-state index is 11.3. The Kier molecular flexibility index (Phi) is 7.50. The van der Waals surface area contributed by atoms with Crippen molar-refractivity contribution < 1.29 is 87.5 Å². The van der Waals surface area contributed by atoms with E-state index in [-0.39, 0.29) is 80.8 Å². The predicted octanol–water partition coefficient (Wildman–Crippen LogP) is 1.30. The van der Waals surface area contributed by atoms with Gasteiger partial charge < -0.3 is 18.6 Å². The van der Waals surface area contributed by atoms with Crippen molar-refractivity contribution >= 4 is 11.0 Å². The number of ether oxygens (including phenoxy) is 3. The van der Waals surface area contributed by atoms with E-state index in [1.165, 1.54) is 6.07 Å². The minimum absolute atomic E-state index is 0. The normalized spacial score (nSPS) is 18.9. The van der Waals surface area contributed by atoms with Crippen LogP contribution in [0.2, 0.25) is 0 Å². The van der Waals surface area contributed by atoms with Gasteiger partial charge >= 0.3 is 74.5 Å². The van der Waals surface area contributed by atoms with Gasteiger partial charge in [-0.05, 0) is 36.2 Å². The van der Waals surface area contributed by atoms with Gasteiger partial charge in [0.25, 0.3) is 0 Å². The van der Waals surface area contributed by atoms with Crippen molar-refractivity contribution in [3.05, 3.63) is 77.2 Å². The topological polar surface area (TPSA) is 57.9 Å². The molecule has 1 aliphatic rings. The maximum Gasteiger partial charge on any atom is 1.00 e. The Bertz CT molecular complexity index is 968. The van der Waals surface area contributed by atoms with Gasteiger partial charge in [0.15, 0.2) is 6.29 Å². The summed E-state index contributed by atoms with van der Waals surface area (Å²) in [5.41, 5.74) is 1.11. The van der Waals surface area contributed by atoms with Crippen molar-refractivity contribution in [1.29, 1.82) is 0 Å². The Morgan fingerprint density at radius 2 is 1.93 bits per heavy atom. The number of hydrogen-bond acceptors (Lipinski definition) is 5. The van der Waals surface area contributed by atoms with Crippen LogP contribution in [0.25, 0.3) is 11.0 Å². The van der Waals surface area contributed by atoms with Crippen molar-refractivity contribution in [3.63, 3.8) is 0 Å². The van der Waals surface area contributed by atoms with Crippen LogP contribution in [-0.2, 0) is 11.3 Å². The molecule has 6 heteroatoms. The van der Waals surface area contributed by atoms with E-state index >= 15 is 0 Å². The molecule has 0 radical (unpaired) electrons. The van der Waals surface area contributed by atoms with Crippen LogP contribution in [0.4, 0.5) is 0 Å². The summed E-state index contributed by atoms with van der Waals surface area (Å²) in [4.78, 5) is 11.3. The first kappa shape index (κ1) is 21.0. The van der Waals surface area contributed by atoms with Crippen LogP contribution in [0.1, 0.15) is 18.9 Å². The fourth-order valence-electron chi connectivity index (χ4n) is 2.86. The molecule has 4 rings (SSSR count). The van der Waals surface area contributed by atoms with Crippen molar-refractivity contribution in [3.8, 4) is 11.5 Å². The van der Waals surface area contributed by atoms with Crippen molar-refractivity contribution in [2.24, 2.45) is 5.92 Å². The van der Waals surface area contributed by atoms with E-state index in [1.54, 1.807) is 6.07 Å². The zero-order valence-corrected chi connectivity index (χ0v) is 21.7. The smallest absolute Gasteiger partial charge is 0.520 e. The Hall–Kier alpha value is -0.738. The molecule has 0 bridgehead atoms. The number of fused-ring (bicyclic) bond motifs is 1. The fourth-order valence-corrected chi connectivity index (χ4v) is 2.86. The van der Waals surface area contributed by atoms with Crippen LogP contribution >= 0.6 is 0 Å². The van der Waals surface area contributed by atoms with E-state index in [0.29, 0.717) is 29.6 Å².